The fraction of sp³-hybridized carbons (Fsp3) is 0.726. The normalized spacial score (nSPS) is 19.2. The van der Waals surface area contributed by atoms with Crippen molar-refractivity contribution in [1.29, 1.82) is 0 Å². The van der Waals surface area contributed by atoms with Crippen molar-refractivity contribution < 1.29 is 49.3 Å². The first-order chi connectivity index (χ1) is 41.2. The van der Waals surface area contributed by atoms with Crippen LogP contribution in [0.5, 0.6) is 0 Å². The van der Waals surface area contributed by atoms with Crippen molar-refractivity contribution in [1.82, 2.24) is 5.32 Å². The molecule has 482 valence electrons. The zero-order chi connectivity index (χ0) is 61.0. The number of hydrogen-bond donors (Lipinski definition) is 6. The minimum Gasteiger partial charge on any atom is -0.454 e. The monoisotopic (exact) mass is 1180 g/mol. The van der Waals surface area contributed by atoms with Crippen LogP contribution in [0, 0.1) is 0 Å². The summed E-state index contributed by atoms with van der Waals surface area (Å²) in [4.78, 5) is 26.6. The molecule has 8 unspecified atom stereocenters. The van der Waals surface area contributed by atoms with Crippen molar-refractivity contribution in [2.75, 3.05) is 13.2 Å². The van der Waals surface area contributed by atoms with Crippen molar-refractivity contribution in [3.05, 3.63) is 109 Å². The molecule has 1 aliphatic heterocycles. The number of allylic oxidation sites excluding steroid dienone is 17. The third kappa shape index (κ3) is 46.5. The van der Waals surface area contributed by atoms with E-state index in [0.717, 1.165) is 109 Å². The second kappa shape index (κ2) is 59.6. The van der Waals surface area contributed by atoms with Crippen LogP contribution in [0.1, 0.15) is 278 Å². The van der Waals surface area contributed by atoms with Gasteiger partial charge in [0.25, 0.3) is 0 Å². The van der Waals surface area contributed by atoms with E-state index >= 15 is 0 Å². The molecule has 0 aromatic carbocycles. The Hall–Kier alpha value is -3.68. The number of nitrogens with one attached hydrogen (secondary N) is 1. The lowest BCUT2D eigenvalue weighted by Gasteiger charge is -2.41. The van der Waals surface area contributed by atoms with E-state index in [4.69, 9.17) is 14.2 Å². The van der Waals surface area contributed by atoms with Gasteiger partial charge in [0.15, 0.2) is 12.4 Å². The largest absolute Gasteiger partial charge is 0.454 e. The van der Waals surface area contributed by atoms with Crippen LogP contribution in [0.3, 0.4) is 0 Å². The number of ether oxygens (including phenoxy) is 3. The zero-order valence-electron chi connectivity index (χ0n) is 53.5. The van der Waals surface area contributed by atoms with Gasteiger partial charge in [0.05, 0.1) is 25.4 Å². The fourth-order valence-electron chi connectivity index (χ4n) is 10.0. The highest BCUT2D eigenvalue weighted by Crippen LogP contribution is 2.26. The van der Waals surface area contributed by atoms with Crippen molar-refractivity contribution in [2.24, 2.45) is 0 Å². The van der Waals surface area contributed by atoms with Crippen LogP contribution < -0.4 is 5.32 Å². The Labute approximate surface area is 513 Å². The molecular weight excluding hydrogens is 1050 g/mol. The van der Waals surface area contributed by atoms with Gasteiger partial charge in [-0.1, -0.05) is 271 Å². The molecule has 11 nitrogen and oxygen atoms in total. The Balaban J connectivity index is 2.62. The van der Waals surface area contributed by atoms with Gasteiger partial charge in [-0.3, -0.25) is 9.59 Å². The molecule has 84 heavy (non-hydrogen) atoms. The first-order valence-electron chi connectivity index (χ1n) is 34.2. The maximum Gasteiger partial charge on any atom is 0.306 e. The van der Waals surface area contributed by atoms with Gasteiger partial charge in [0.1, 0.15) is 24.4 Å². The van der Waals surface area contributed by atoms with Gasteiger partial charge in [-0.15, -0.1) is 0 Å². The summed E-state index contributed by atoms with van der Waals surface area (Å²) in [5.74, 6) is -1.23. The number of hydrogen-bond acceptors (Lipinski definition) is 10. The summed E-state index contributed by atoms with van der Waals surface area (Å²) in [6.45, 7) is 5.63. The third-order valence-electron chi connectivity index (χ3n) is 15.4. The maximum absolute atomic E-state index is 13.4. The fourth-order valence-corrected chi connectivity index (χ4v) is 10.0. The van der Waals surface area contributed by atoms with E-state index in [1.165, 1.54) is 122 Å². The lowest BCUT2D eigenvalue weighted by molar-refractivity contribution is -0.305. The highest BCUT2D eigenvalue weighted by Gasteiger charge is 2.47. The van der Waals surface area contributed by atoms with Crippen molar-refractivity contribution in [3.8, 4) is 0 Å². The molecule has 8 atom stereocenters. The summed E-state index contributed by atoms with van der Waals surface area (Å²) in [5, 5.41) is 57.1. The standard InChI is InChI=1S/C73H125NO10/c1-4-7-10-13-16-19-22-25-27-29-31-32-33-34-35-36-37-39-41-43-46-49-52-55-58-61-68(78)84-71-70(80)69(79)67(62-75)83-73(71)82-63-64(65(76)59-56-53-50-47-44-24-21-18-15-12-9-6-3)74-72(81)66(77)60-57-54-51-48-45-42-40-38-30-28-26-23-20-17-14-11-8-5-2/h8,11,16-17,19-20,25-28,31-32,38,40,45,48,56,59,64-67,69-71,73,75-77,79-80H,4-7,9-10,12-15,18,21-24,29-30,33-37,39,41-44,46-47,49-55,57-58,60-63H2,1-3H3,(H,74,81)/b11-8-,19-16-,20-17-,27-25-,28-26-,32-31-,40-38-,48-45-,59-56+. The Morgan fingerprint density at radius 2 is 0.857 bits per heavy atom. The van der Waals surface area contributed by atoms with E-state index in [9.17, 15) is 35.1 Å². The van der Waals surface area contributed by atoms with E-state index in [1.807, 2.05) is 6.08 Å². The lowest BCUT2D eigenvalue weighted by Crippen LogP contribution is -2.61. The topological polar surface area (TPSA) is 175 Å². The minimum absolute atomic E-state index is 0.112. The zero-order valence-corrected chi connectivity index (χ0v) is 53.5. The summed E-state index contributed by atoms with van der Waals surface area (Å²) in [6, 6.07) is -1.05. The number of aliphatic hydroxyl groups excluding tert-OH is 5. The van der Waals surface area contributed by atoms with Gasteiger partial charge < -0.3 is 45.1 Å². The molecule has 1 aliphatic rings. The van der Waals surface area contributed by atoms with Gasteiger partial charge in [-0.2, -0.15) is 0 Å². The molecule has 0 aliphatic carbocycles. The number of unbranched alkanes of at least 4 members (excludes halogenated alkanes) is 27. The van der Waals surface area contributed by atoms with E-state index in [0.29, 0.717) is 12.8 Å². The maximum atomic E-state index is 13.4. The summed E-state index contributed by atoms with van der Waals surface area (Å²) in [7, 11) is 0. The average Bonchev–Trinajstić information content (AvgIpc) is 3.67. The molecular formula is C73H125NO10. The number of carbonyl (C=O) groups is 2. The van der Waals surface area contributed by atoms with Crippen molar-refractivity contribution in [3.63, 3.8) is 0 Å². The van der Waals surface area contributed by atoms with Gasteiger partial charge in [0, 0.05) is 6.42 Å². The second-order valence-electron chi connectivity index (χ2n) is 23.2. The average molecular weight is 1180 g/mol. The molecule has 0 spiro atoms. The predicted octanol–water partition coefficient (Wildman–Crippen LogP) is 17.2. The Bertz CT molecular complexity index is 1780. The Morgan fingerprint density at radius 1 is 0.476 bits per heavy atom. The van der Waals surface area contributed by atoms with E-state index < -0.39 is 67.4 Å². The number of rotatable bonds is 57. The molecule has 11 heteroatoms. The van der Waals surface area contributed by atoms with Crippen LogP contribution in [-0.4, -0.2) is 99.6 Å². The Kier molecular flexibility index (Phi) is 55.6. The molecule has 1 saturated heterocycles. The molecule has 1 rings (SSSR count). The molecule has 0 aromatic heterocycles. The van der Waals surface area contributed by atoms with Crippen LogP contribution in [0.15, 0.2) is 109 Å². The minimum atomic E-state index is -1.63. The van der Waals surface area contributed by atoms with Crippen molar-refractivity contribution >= 4 is 11.9 Å². The lowest BCUT2D eigenvalue weighted by atomic mass is 9.99. The summed E-state index contributed by atoms with van der Waals surface area (Å²) in [6.07, 6.45) is 71.2. The molecule has 0 saturated carbocycles. The van der Waals surface area contributed by atoms with Crippen molar-refractivity contribution in [2.45, 2.75) is 327 Å². The summed E-state index contributed by atoms with van der Waals surface area (Å²) >= 11 is 0. The van der Waals surface area contributed by atoms with E-state index in [2.05, 4.69) is 123 Å². The molecule has 0 radical (unpaired) electrons. The summed E-state index contributed by atoms with van der Waals surface area (Å²) < 4.78 is 17.7. The highest BCUT2D eigenvalue weighted by molar-refractivity contribution is 5.80. The first kappa shape index (κ1) is 78.3. The molecule has 1 fully saturated rings. The van der Waals surface area contributed by atoms with Crippen LogP contribution in [0.4, 0.5) is 0 Å². The summed E-state index contributed by atoms with van der Waals surface area (Å²) in [5.41, 5.74) is 0. The second-order valence-corrected chi connectivity index (χ2v) is 23.2. The molecule has 0 aromatic rings. The Morgan fingerprint density at radius 3 is 1.31 bits per heavy atom. The van der Waals surface area contributed by atoms with Gasteiger partial charge in [0.2, 0.25) is 5.91 Å². The molecule has 6 N–H and O–H groups in total. The first-order valence-corrected chi connectivity index (χ1v) is 34.2. The van der Waals surface area contributed by atoms with Crippen LogP contribution in [0.25, 0.3) is 0 Å². The SMILES string of the molecule is CC/C=C\C/C=C\C/C=C\C/C=C\C/C=C\CCCCC(O)C(=O)NC(COC1OC(CO)C(O)C(O)C1OC(=O)CCCCCCCCCCCCCC/C=C\C/C=C\C/C=C\CCCCC)C(O)/C=C/CCCCCCCCCCCC. The van der Waals surface area contributed by atoms with Crippen LogP contribution in [-0.2, 0) is 23.8 Å². The van der Waals surface area contributed by atoms with E-state index in [-0.39, 0.29) is 19.4 Å². The quantitative estimate of drug-likeness (QED) is 0.0195. The molecule has 1 heterocycles. The third-order valence-corrected chi connectivity index (χ3v) is 15.4. The van der Waals surface area contributed by atoms with Crippen LogP contribution >= 0.6 is 0 Å². The number of carbonyl (C=O) groups excluding carboxylic acids is 2. The van der Waals surface area contributed by atoms with Crippen LogP contribution in [0.2, 0.25) is 0 Å². The highest BCUT2D eigenvalue weighted by atomic mass is 16.7. The number of amides is 1. The van der Waals surface area contributed by atoms with E-state index in [1.54, 1.807) is 6.08 Å². The smallest absolute Gasteiger partial charge is 0.306 e. The van der Waals surface area contributed by atoms with Gasteiger partial charge >= 0.3 is 5.97 Å². The number of esters is 1. The molecule has 1 amide bonds. The molecule has 0 bridgehead atoms. The number of aliphatic hydroxyl groups is 5. The predicted molar refractivity (Wildman–Crippen MR) is 351 cm³/mol. The van der Waals surface area contributed by atoms with Gasteiger partial charge in [-0.05, 0) is 109 Å². The van der Waals surface area contributed by atoms with Gasteiger partial charge in [-0.25, -0.2) is 0 Å².